The lowest BCUT2D eigenvalue weighted by Gasteiger charge is -2.30. The molecule has 1 atom stereocenters. The monoisotopic (exact) mass is 297 g/mol. The van der Waals surface area contributed by atoms with Gasteiger partial charge in [-0.3, -0.25) is 4.31 Å². The molecule has 1 aromatic rings. The number of nitrogens with zero attached hydrogens (tertiary/aromatic N) is 2. The summed E-state index contributed by atoms with van der Waals surface area (Å²) in [5.74, 6) is -0.000283. The van der Waals surface area contributed by atoms with E-state index in [9.17, 15) is 13.5 Å². The van der Waals surface area contributed by atoms with Crippen LogP contribution in [0.4, 0.5) is 5.69 Å². The van der Waals surface area contributed by atoms with Crippen LogP contribution in [-0.4, -0.2) is 50.1 Å². The molecule has 0 spiro atoms. The number of piperidine rings is 1. The van der Waals surface area contributed by atoms with Crippen molar-refractivity contribution < 1.29 is 13.5 Å². The molecular formula is C13H19N3O3S. The van der Waals surface area contributed by atoms with E-state index in [1.165, 1.54) is 10.4 Å². The van der Waals surface area contributed by atoms with Gasteiger partial charge in [0.05, 0.1) is 5.69 Å². The van der Waals surface area contributed by atoms with Gasteiger partial charge in [0.15, 0.2) is 0 Å². The van der Waals surface area contributed by atoms with Crippen LogP contribution in [0.2, 0.25) is 0 Å². The zero-order valence-corrected chi connectivity index (χ0v) is 12.0. The van der Waals surface area contributed by atoms with Gasteiger partial charge in [-0.15, -0.1) is 0 Å². The van der Waals surface area contributed by atoms with E-state index in [-0.39, 0.29) is 11.8 Å². The molecule has 3 rings (SSSR count). The maximum Gasteiger partial charge on any atom is 0.304 e. The number of nitrogens with one attached hydrogen (secondary N) is 1. The molecule has 2 aliphatic heterocycles. The van der Waals surface area contributed by atoms with Crippen molar-refractivity contribution in [2.24, 2.45) is 0 Å². The summed E-state index contributed by atoms with van der Waals surface area (Å²) in [4.78, 5) is 0. The Morgan fingerprint density at radius 3 is 2.75 bits per heavy atom. The SMILES string of the molecule is O=S1(=O)N(c2ccccc2O)CCN1C1CCCNC1. The second kappa shape index (κ2) is 5.23. The first-order valence-corrected chi connectivity index (χ1v) is 8.28. The Hall–Kier alpha value is -1.31. The molecule has 0 amide bonds. The topological polar surface area (TPSA) is 72.9 Å². The minimum atomic E-state index is -3.54. The molecule has 2 saturated heterocycles. The predicted molar refractivity (Wildman–Crippen MR) is 77.0 cm³/mol. The fourth-order valence-corrected chi connectivity index (χ4v) is 4.75. The molecule has 7 heteroatoms. The summed E-state index contributed by atoms with van der Waals surface area (Å²) < 4.78 is 28.2. The van der Waals surface area contributed by atoms with Crippen molar-refractivity contribution in [2.45, 2.75) is 18.9 Å². The number of hydrogen-bond acceptors (Lipinski definition) is 4. The number of benzene rings is 1. The average Bonchev–Trinajstić information content (AvgIpc) is 2.76. The molecule has 2 N–H and O–H groups in total. The van der Waals surface area contributed by atoms with Gasteiger partial charge in [-0.25, -0.2) is 0 Å². The summed E-state index contributed by atoms with van der Waals surface area (Å²) in [6.07, 6.45) is 1.88. The summed E-state index contributed by atoms with van der Waals surface area (Å²) >= 11 is 0. The number of para-hydroxylation sites is 2. The third-order valence-corrected chi connectivity index (χ3v) is 5.94. The van der Waals surface area contributed by atoms with Gasteiger partial charge in [-0.2, -0.15) is 12.7 Å². The van der Waals surface area contributed by atoms with E-state index in [0.29, 0.717) is 25.3 Å². The first-order valence-electron chi connectivity index (χ1n) is 6.89. The Kier molecular flexibility index (Phi) is 3.57. The maximum atomic E-state index is 12.7. The maximum absolute atomic E-state index is 12.7. The molecule has 6 nitrogen and oxygen atoms in total. The van der Waals surface area contributed by atoms with Crippen LogP contribution in [-0.2, 0) is 10.2 Å². The van der Waals surface area contributed by atoms with Crippen molar-refractivity contribution in [3.05, 3.63) is 24.3 Å². The molecular weight excluding hydrogens is 278 g/mol. The molecule has 1 aromatic carbocycles. The van der Waals surface area contributed by atoms with Crippen LogP contribution in [0.1, 0.15) is 12.8 Å². The molecule has 0 aromatic heterocycles. The van der Waals surface area contributed by atoms with Crippen molar-refractivity contribution in [3.63, 3.8) is 0 Å². The zero-order chi connectivity index (χ0) is 14.2. The summed E-state index contributed by atoms with van der Waals surface area (Å²) in [6.45, 7) is 2.51. The van der Waals surface area contributed by atoms with E-state index < -0.39 is 10.2 Å². The molecule has 2 aliphatic rings. The highest BCUT2D eigenvalue weighted by Gasteiger charge is 2.41. The van der Waals surface area contributed by atoms with Gasteiger partial charge < -0.3 is 10.4 Å². The molecule has 2 fully saturated rings. The lowest BCUT2D eigenvalue weighted by molar-refractivity contribution is 0.284. The van der Waals surface area contributed by atoms with Crippen molar-refractivity contribution in [2.75, 3.05) is 30.5 Å². The third kappa shape index (κ3) is 2.25. The lowest BCUT2D eigenvalue weighted by atomic mass is 10.1. The number of phenolic OH excluding ortho intramolecular Hbond substituents is 1. The highest BCUT2D eigenvalue weighted by molar-refractivity contribution is 7.90. The number of hydrogen-bond donors (Lipinski definition) is 2. The van der Waals surface area contributed by atoms with Crippen molar-refractivity contribution in [1.82, 2.24) is 9.62 Å². The van der Waals surface area contributed by atoms with Crippen LogP contribution in [0.15, 0.2) is 24.3 Å². The summed E-state index contributed by atoms with van der Waals surface area (Å²) in [7, 11) is -3.54. The standard InChI is InChI=1S/C13H19N3O3S/c17-13-6-2-1-5-12(13)16-9-8-15(20(16,18)19)11-4-3-7-14-10-11/h1-2,5-6,11,14,17H,3-4,7-10H2. The Morgan fingerprint density at radius 2 is 2.05 bits per heavy atom. The minimum absolute atomic E-state index is 0.000283. The number of anilines is 1. The first kappa shape index (κ1) is 13.7. The smallest absolute Gasteiger partial charge is 0.304 e. The van der Waals surface area contributed by atoms with E-state index >= 15 is 0 Å². The van der Waals surface area contributed by atoms with E-state index in [0.717, 1.165) is 19.4 Å². The summed E-state index contributed by atoms with van der Waals surface area (Å²) in [6, 6.07) is 6.58. The number of aromatic hydroxyl groups is 1. The van der Waals surface area contributed by atoms with Crippen molar-refractivity contribution in [3.8, 4) is 5.75 Å². The normalized spacial score (nSPS) is 26.8. The molecule has 0 radical (unpaired) electrons. The first-order chi connectivity index (χ1) is 9.60. The van der Waals surface area contributed by atoms with E-state index in [1.54, 1.807) is 22.5 Å². The Bertz CT molecular complexity index is 584. The van der Waals surface area contributed by atoms with Gasteiger partial charge in [-0.1, -0.05) is 12.1 Å². The Balaban J connectivity index is 1.88. The Morgan fingerprint density at radius 1 is 1.25 bits per heavy atom. The average molecular weight is 297 g/mol. The van der Waals surface area contributed by atoms with Gasteiger partial charge in [0.2, 0.25) is 0 Å². The molecule has 0 aliphatic carbocycles. The quantitative estimate of drug-likeness (QED) is 0.834. The van der Waals surface area contributed by atoms with Gasteiger partial charge in [0.25, 0.3) is 0 Å². The van der Waals surface area contributed by atoms with Crippen LogP contribution in [0.3, 0.4) is 0 Å². The summed E-state index contributed by atoms with van der Waals surface area (Å²) in [5, 5.41) is 13.1. The fourth-order valence-electron chi connectivity index (χ4n) is 2.92. The highest BCUT2D eigenvalue weighted by Crippen LogP contribution is 2.33. The largest absolute Gasteiger partial charge is 0.506 e. The highest BCUT2D eigenvalue weighted by atomic mass is 32.2. The van der Waals surface area contributed by atoms with Crippen molar-refractivity contribution >= 4 is 15.9 Å². The van der Waals surface area contributed by atoms with E-state index in [1.807, 2.05) is 0 Å². The van der Waals surface area contributed by atoms with Gasteiger partial charge in [-0.05, 0) is 31.5 Å². The van der Waals surface area contributed by atoms with Crippen LogP contribution in [0.5, 0.6) is 5.75 Å². The van der Waals surface area contributed by atoms with E-state index in [4.69, 9.17) is 0 Å². The third-order valence-electron chi connectivity index (χ3n) is 3.93. The zero-order valence-electron chi connectivity index (χ0n) is 11.2. The number of phenols is 1. The minimum Gasteiger partial charge on any atom is -0.506 e. The van der Waals surface area contributed by atoms with Gasteiger partial charge in [0.1, 0.15) is 5.75 Å². The fraction of sp³-hybridized carbons (Fsp3) is 0.538. The van der Waals surface area contributed by atoms with Crippen LogP contribution in [0.25, 0.3) is 0 Å². The van der Waals surface area contributed by atoms with Crippen molar-refractivity contribution in [1.29, 1.82) is 0 Å². The molecule has 2 heterocycles. The molecule has 0 saturated carbocycles. The van der Waals surface area contributed by atoms with Crippen LogP contribution < -0.4 is 9.62 Å². The van der Waals surface area contributed by atoms with Crippen LogP contribution in [0, 0.1) is 0 Å². The molecule has 20 heavy (non-hydrogen) atoms. The van der Waals surface area contributed by atoms with Crippen LogP contribution >= 0.6 is 0 Å². The van der Waals surface area contributed by atoms with Gasteiger partial charge in [0, 0.05) is 25.7 Å². The molecule has 110 valence electrons. The van der Waals surface area contributed by atoms with Gasteiger partial charge >= 0.3 is 10.2 Å². The van der Waals surface area contributed by atoms with E-state index in [2.05, 4.69) is 5.32 Å². The number of rotatable bonds is 2. The predicted octanol–water partition coefficient (Wildman–Crippen LogP) is 0.511. The lowest BCUT2D eigenvalue weighted by Crippen LogP contribution is -2.48. The molecule has 1 unspecified atom stereocenters. The second-order valence-corrected chi connectivity index (χ2v) is 6.98. The Labute approximate surface area is 119 Å². The summed E-state index contributed by atoms with van der Waals surface area (Å²) in [5.41, 5.74) is 0.360. The second-order valence-electron chi connectivity index (χ2n) is 5.18. The molecule has 0 bridgehead atoms.